The summed E-state index contributed by atoms with van der Waals surface area (Å²) < 4.78 is 16.8. The van der Waals surface area contributed by atoms with E-state index in [-0.39, 0.29) is 17.6 Å². The van der Waals surface area contributed by atoms with Crippen molar-refractivity contribution >= 4 is 5.91 Å². The van der Waals surface area contributed by atoms with Crippen molar-refractivity contribution in [1.29, 1.82) is 0 Å². The molecule has 0 radical (unpaired) electrons. The Balaban J connectivity index is 1.30. The van der Waals surface area contributed by atoms with Gasteiger partial charge in [-0.05, 0) is 18.6 Å². The molecular formula is C17H19N3O4. The van der Waals surface area contributed by atoms with Crippen LogP contribution in [0.5, 0.6) is 0 Å². The fourth-order valence-corrected chi connectivity index (χ4v) is 3.31. The summed E-state index contributed by atoms with van der Waals surface area (Å²) in [5.41, 5.74) is 0.977. The lowest BCUT2D eigenvalue weighted by Gasteiger charge is -2.52. The van der Waals surface area contributed by atoms with E-state index in [1.54, 1.807) is 11.1 Å². The van der Waals surface area contributed by atoms with Crippen LogP contribution >= 0.6 is 0 Å². The molecule has 2 saturated heterocycles. The average molecular weight is 329 g/mol. The third-order valence-electron chi connectivity index (χ3n) is 4.54. The number of carbonyl (C=O) groups excluding carboxylic acids is 1. The van der Waals surface area contributed by atoms with Crippen molar-refractivity contribution in [3.05, 3.63) is 48.4 Å². The van der Waals surface area contributed by atoms with Crippen molar-refractivity contribution in [2.45, 2.75) is 31.2 Å². The summed E-state index contributed by atoms with van der Waals surface area (Å²) in [5, 5.41) is 0. The number of likely N-dealkylation sites (tertiary alicyclic amines) is 1. The zero-order valence-electron chi connectivity index (χ0n) is 13.3. The number of pyridine rings is 1. The average Bonchev–Trinajstić information content (AvgIpc) is 3.13. The fraction of sp³-hybridized carbons (Fsp3) is 0.471. The molecule has 1 spiro atoms. The predicted molar refractivity (Wildman–Crippen MR) is 83.1 cm³/mol. The smallest absolute Gasteiger partial charge is 0.276 e. The molecule has 1 unspecified atom stereocenters. The van der Waals surface area contributed by atoms with E-state index in [1.165, 1.54) is 12.7 Å². The topological polar surface area (TPSA) is 77.7 Å². The first-order valence-corrected chi connectivity index (χ1v) is 8.07. The Morgan fingerprint density at radius 1 is 1.38 bits per heavy atom. The molecule has 2 aliphatic heterocycles. The second-order valence-electron chi connectivity index (χ2n) is 6.31. The van der Waals surface area contributed by atoms with Crippen LogP contribution in [0.1, 0.15) is 29.0 Å². The molecule has 0 saturated carbocycles. The Hall–Kier alpha value is -2.25. The highest BCUT2D eigenvalue weighted by molar-refractivity contribution is 5.92. The van der Waals surface area contributed by atoms with Crippen LogP contribution in [-0.4, -0.2) is 52.2 Å². The van der Waals surface area contributed by atoms with Crippen LogP contribution in [0.25, 0.3) is 0 Å². The summed E-state index contributed by atoms with van der Waals surface area (Å²) in [6.07, 6.45) is 6.19. The molecule has 126 valence electrons. The third-order valence-corrected chi connectivity index (χ3v) is 4.54. The van der Waals surface area contributed by atoms with Crippen molar-refractivity contribution < 1.29 is 18.7 Å². The van der Waals surface area contributed by atoms with E-state index >= 15 is 0 Å². The van der Waals surface area contributed by atoms with Crippen LogP contribution in [0.3, 0.4) is 0 Å². The molecule has 0 aromatic carbocycles. The second kappa shape index (κ2) is 6.33. The number of aromatic nitrogens is 2. The first-order valence-electron chi connectivity index (χ1n) is 8.07. The zero-order valence-corrected chi connectivity index (χ0v) is 13.3. The molecule has 0 N–H and O–H groups in total. The monoisotopic (exact) mass is 329 g/mol. The Bertz CT molecular complexity index is 683. The lowest BCUT2D eigenvalue weighted by Crippen LogP contribution is -2.67. The van der Waals surface area contributed by atoms with E-state index in [9.17, 15) is 4.79 Å². The molecule has 2 fully saturated rings. The maximum absolute atomic E-state index is 12.2. The van der Waals surface area contributed by atoms with Crippen molar-refractivity contribution in [3.8, 4) is 0 Å². The van der Waals surface area contributed by atoms with Gasteiger partial charge in [0, 0.05) is 19.2 Å². The predicted octanol–water partition coefficient (Wildman–Crippen LogP) is 1.66. The Morgan fingerprint density at radius 3 is 3.04 bits per heavy atom. The number of hydrogen-bond acceptors (Lipinski definition) is 6. The molecule has 0 aliphatic carbocycles. The first kappa shape index (κ1) is 15.3. The largest absolute Gasteiger partial charge is 0.451 e. The molecule has 4 heterocycles. The lowest BCUT2D eigenvalue weighted by molar-refractivity contribution is -0.188. The maximum Gasteiger partial charge on any atom is 0.276 e. The van der Waals surface area contributed by atoms with Gasteiger partial charge in [0.2, 0.25) is 0 Å². The lowest BCUT2D eigenvalue weighted by atomic mass is 9.84. The number of hydrogen-bond donors (Lipinski definition) is 0. The third kappa shape index (κ3) is 3.05. The SMILES string of the molecule is O=C(c1cocn1)N1CC2(CC(OCc3ccccn3)CCO2)C1. The van der Waals surface area contributed by atoms with Gasteiger partial charge < -0.3 is 18.8 Å². The molecule has 1 amide bonds. The summed E-state index contributed by atoms with van der Waals surface area (Å²) in [7, 11) is 0. The molecule has 2 aromatic rings. The van der Waals surface area contributed by atoms with Gasteiger partial charge in [0.25, 0.3) is 5.91 Å². The number of ether oxygens (including phenoxy) is 2. The van der Waals surface area contributed by atoms with E-state index in [1.807, 2.05) is 18.2 Å². The van der Waals surface area contributed by atoms with Crippen LogP contribution in [0, 0.1) is 0 Å². The van der Waals surface area contributed by atoms with Crippen molar-refractivity contribution in [3.63, 3.8) is 0 Å². The van der Waals surface area contributed by atoms with Gasteiger partial charge in [-0.1, -0.05) is 6.07 Å². The molecular weight excluding hydrogens is 310 g/mol. The molecule has 7 nitrogen and oxygen atoms in total. The number of carbonyl (C=O) groups is 1. The van der Waals surface area contributed by atoms with Gasteiger partial charge in [0.05, 0.1) is 31.5 Å². The molecule has 2 aromatic heterocycles. The van der Waals surface area contributed by atoms with Gasteiger partial charge in [-0.3, -0.25) is 9.78 Å². The van der Waals surface area contributed by atoms with Crippen molar-refractivity contribution in [2.24, 2.45) is 0 Å². The zero-order chi connectivity index (χ0) is 16.4. The van der Waals surface area contributed by atoms with Crippen LogP contribution in [0.2, 0.25) is 0 Å². The highest BCUT2D eigenvalue weighted by atomic mass is 16.5. The minimum Gasteiger partial charge on any atom is -0.451 e. The van der Waals surface area contributed by atoms with E-state index in [4.69, 9.17) is 13.9 Å². The van der Waals surface area contributed by atoms with Gasteiger partial charge in [-0.25, -0.2) is 4.98 Å². The van der Waals surface area contributed by atoms with Gasteiger partial charge in [-0.2, -0.15) is 0 Å². The Morgan fingerprint density at radius 2 is 2.29 bits per heavy atom. The maximum atomic E-state index is 12.2. The summed E-state index contributed by atoms with van der Waals surface area (Å²) >= 11 is 0. The molecule has 7 heteroatoms. The number of amides is 1. The highest BCUT2D eigenvalue weighted by Gasteiger charge is 2.50. The van der Waals surface area contributed by atoms with Crippen LogP contribution in [0.4, 0.5) is 0 Å². The quantitative estimate of drug-likeness (QED) is 0.849. The first-order chi connectivity index (χ1) is 11.7. The molecule has 2 aliphatic rings. The van der Waals surface area contributed by atoms with E-state index < -0.39 is 0 Å². The number of oxazole rings is 1. The normalized spacial score (nSPS) is 22.3. The Labute approximate surface area is 139 Å². The summed E-state index contributed by atoms with van der Waals surface area (Å²) in [6.45, 7) is 2.30. The van der Waals surface area contributed by atoms with E-state index in [2.05, 4.69) is 9.97 Å². The van der Waals surface area contributed by atoms with Crippen molar-refractivity contribution in [2.75, 3.05) is 19.7 Å². The van der Waals surface area contributed by atoms with Crippen LogP contribution in [-0.2, 0) is 16.1 Å². The number of rotatable bonds is 4. The van der Waals surface area contributed by atoms with Crippen LogP contribution in [0.15, 0.2) is 41.5 Å². The van der Waals surface area contributed by atoms with E-state index in [0.29, 0.717) is 32.0 Å². The minimum absolute atomic E-state index is 0.116. The molecule has 1 atom stereocenters. The molecule has 24 heavy (non-hydrogen) atoms. The summed E-state index contributed by atoms with van der Waals surface area (Å²) in [5.74, 6) is -0.116. The highest BCUT2D eigenvalue weighted by Crippen LogP contribution is 2.36. The van der Waals surface area contributed by atoms with Gasteiger partial charge in [-0.15, -0.1) is 0 Å². The summed E-state index contributed by atoms with van der Waals surface area (Å²) in [6, 6.07) is 5.80. The van der Waals surface area contributed by atoms with Gasteiger partial charge in [0.1, 0.15) is 11.9 Å². The molecule has 0 bridgehead atoms. The second-order valence-corrected chi connectivity index (χ2v) is 6.31. The standard InChI is InChI=1S/C17H19N3O4/c21-16(15-9-22-12-19-15)20-10-17(11-20)7-14(4-6-24-17)23-8-13-3-1-2-5-18-13/h1-3,5,9,12,14H,4,6-8,10-11H2. The van der Waals surface area contributed by atoms with Crippen LogP contribution < -0.4 is 0 Å². The summed E-state index contributed by atoms with van der Waals surface area (Å²) in [4.78, 5) is 22.1. The van der Waals surface area contributed by atoms with Gasteiger partial charge >= 0.3 is 0 Å². The fourth-order valence-electron chi connectivity index (χ4n) is 3.31. The van der Waals surface area contributed by atoms with Crippen molar-refractivity contribution in [1.82, 2.24) is 14.9 Å². The molecule has 4 rings (SSSR count). The Kier molecular flexibility index (Phi) is 4.03. The number of nitrogens with zero attached hydrogens (tertiary/aromatic N) is 3. The minimum atomic E-state index is -0.285. The van der Waals surface area contributed by atoms with Gasteiger partial charge in [0.15, 0.2) is 12.1 Å². The van der Waals surface area contributed by atoms with E-state index in [0.717, 1.165) is 18.5 Å².